The molecule has 1 aliphatic carbocycles. The lowest BCUT2D eigenvalue weighted by molar-refractivity contribution is 0.122. The molecule has 4 nitrogen and oxygen atoms in total. The van der Waals surface area contributed by atoms with E-state index in [0.29, 0.717) is 0 Å². The van der Waals surface area contributed by atoms with Crippen molar-refractivity contribution in [3.05, 3.63) is 203 Å². The average molecular weight is 690 g/mol. The van der Waals surface area contributed by atoms with Crippen LogP contribution in [-0.4, -0.2) is 33.4 Å². The Hall–Kier alpha value is -6.10. The first-order chi connectivity index (χ1) is 26.2. The van der Waals surface area contributed by atoms with Gasteiger partial charge in [-0.15, -0.1) is 0 Å². The van der Waals surface area contributed by atoms with Gasteiger partial charge in [0.2, 0.25) is 0 Å². The molecule has 0 N–H and O–H groups in total. The molecule has 0 bridgehead atoms. The fraction of sp³-hybridized carbons (Fsp3) is 0.143. The number of nitrogens with zero attached hydrogens (tertiary/aromatic N) is 1. The second-order valence-corrected chi connectivity index (χ2v) is 14.1. The van der Waals surface area contributed by atoms with Gasteiger partial charge in [-0.25, -0.2) is 0 Å². The predicted molar refractivity (Wildman–Crippen MR) is 214 cm³/mol. The lowest BCUT2D eigenvalue weighted by atomic mass is 9.66. The van der Waals surface area contributed by atoms with Crippen LogP contribution in [0.2, 0.25) is 0 Å². The van der Waals surface area contributed by atoms with E-state index in [4.69, 9.17) is 14.2 Å². The van der Waals surface area contributed by atoms with E-state index in [0.717, 1.165) is 59.9 Å². The average Bonchev–Trinajstić information content (AvgIpc) is 3.57. The van der Waals surface area contributed by atoms with Crippen LogP contribution in [0.15, 0.2) is 164 Å². The molecular formula is C49H39NO3. The van der Waals surface area contributed by atoms with Crippen molar-refractivity contribution in [1.29, 1.82) is 0 Å². The van der Waals surface area contributed by atoms with E-state index in [9.17, 15) is 0 Å². The van der Waals surface area contributed by atoms with Crippen molar-refractivity contribution in [2.75, 3.05) is 38.3 Å². The molecule has 7 aromatic rings. The van der Waals surface area contributed by atoms with Crippen molar-refractivity contribution >= 4 is 22.5 Å². The molecule has 1 fully saturated rings. The second kappa shape index (κ2) is 12.5. The summed E-state index contributed by atoms with van der Waals surface area (Å²) in [7, 11) is 1.71. The summed E-state index contributed by atoms with van der Waals surface area (Å²) in [5, 5.41) is 2.28. The first-order valence-corrected chi connectivity index (χ1v) is 18.5. The van der Waals surface area contributed by atoms with Crippen molar-refractivity contribution in [3.63, 3.8) is 0 Å². The van der Waals surface area contributed by atoms with Gasteiger partial charge in [0, 0.05) is 40.9 Å². The smallest absolute Gasteiger partial charge is 0.178 e. The summed E-state index contributed by atoms with van der Waals surface area (Å²) < 4.78 is 18.9. The number of rotatable bonds is 6. The first kappa shape index (κ1) is 31.6. The molecule has 0 radical (unpaired) electrons. The number of ether oxygens (including phenoxy) is 3. The highest BCUT2D eigenvalue weighted by molar-refractivity contribution is 6.09. The molecule has 3 aliphatic rings. The highest BCUT2D eigenvalue weighted by Crippen LogP contribution is 2.62. The van der Waals surface area contributed by atoms with Gasteiger partial charge in [0.1, 0.15) is 11.5 Å². The van der Waals surface area contributed by atoms with E-state index in [1.807, 2.05) is 12.1 Å². The topological polar surface area (TPSA) is 30.9 Å². The fourth-order valence-electron chi connectivity index (χ4n) is 9.12. The van der Waals surface area contributed by atoms with E-state index in [1.165, 1.54) is 44.5 Å². The van der Waals surface area contributed by atoms with Crippen molar-refractivity contribution in [3.8, 4) is 22.6 Å². The van der Waals surface area contributed by atoms with E-state index in [1.54, 1.807) is 7.11 Å². The molecule has 53 heavy (non-hydrogen) atoms. The Morgan fingerprint density at radius 3 is 1.83 bits per heavy atom. The zero-order valence-corrected chi connectivity index (χ0v) is 29.7. The van der Waals surface area contributed by atoms with Crippen molar-refractivity contribution in [1.82, 2.24) is 0 Å². The number of fused-ring (bicyclic) bond motifs is 8. The minimum atomic E-state index is -0.895. The Labute approximate surface area is 310 Å². The molecule has 10 rings (SSSR count). The molecule has 258 valence electrons. The molecule has 0 spiro atoms. The van der Waals surface area contributed by atoms with Crippen molar-refractivity contribution in [2.45, 2.75) is 11.0 Å². The maximum Gasteiger partial charge on any atom is 0.178 e. The Bertz CT molecular complexity index is 2440. The Kier molecular flexibility index (Phi) is 7.48. The minimum absolute atomic E-state index is 0.573. The summed E-state index contributed by atoms with van der Waals surface area (Å²) >= 11 is 0. The number of morpholine rings is 1. The third-order valence-corrected chi connectivity index (χ3v) is 11.5. The van der Waals surface area contributed by atoms with Crippen LogP contribution in [-0.2, 0) is 15.8 Å². The molecule has 7 aromatic carbocycles. The van der Waals surface area contributed by atoms with Crippen molar-refractivity contribution in [2.24, 2.45) is 0 Å². The maximum atomic E-state index is 7.69. The number of methoxy groups -OCH3 is 1. The molecule has 2 heterocycles. The minimum Gasteiger partial charge on any atom is -0.497 e. The summed E-state index contributed by atoms with van der Waals surface area (Å²) in [5.74, 6) is 1.70. The zero-order valence-electron chi connectivity index (χ0n) is 29.7. The lowest BCUT2D eigenvalue weighted by Gasteiger charge is -2.40. The van der Waals surface area contributed by atoms with Crippen LogP contribution >= 0.6 is 0 Å². The molecule has 1 saturated heterocycles. The highest BCUT2D eigenvalue weighted by Gasteiger charge is 2.50. The number of hydrogen-bond acceptors (Lipinski definition) is 4. The van der Waals surface area contributed by atoms with Crippen LogP contribution in [0.5, 0.6) is 11.5 Å². The third kappa shape index (κ3) is 4.72. The van der Waals surface area contributed by atoms with Gasteiger partial charge >= 0.3 is 0 Å². The maximum absolute atomic E-state index is 7.69. The van der Waals surface area contributed by atoms with E-state index in [2.05, 4.69) is 163 Å². The van der Waals surface area contributed by atoms with Crippen molar-refractivity contribution < 1.29 is 14.2 Å². The number of hydrogen-bond donors (Lipinski definition) is 0. The summed E-state index contributed by atoms with van der Waals surface area (Å²) in [6.07, 6.45) is 4.62. The van der Waals surface area contributed by atoms with Gasteiger partial charge in [-0.05, 0) is 69.1 Å². The molecule has 1 unspecified atom stereocenters. The van der Waals surface area contributed by atoms with Gasteiger partial charge in [0.25, 0.3) is 0 Å². The predicted octanol–water partition coefficient (Wildman–Crippen LogP) is 10.4. The third-order valence-electron chi connectivity index (χ3n) is 11.5. The SMILES string of the molecule is COc1ccc(C2(c3ccc(N4CCOCC4)cc3)C=Cc3c4c(c5ccccc5c3O2)-c2ccccc2C4(c2ccccc2)c2ccccc2)cc1. The highest BCUT2D eigenvalue weighted by atomic mass is 16.5. The molecule has 0 amide bonds. The monoisotopic (exact) mass is 689 g/mol. The van der Waals surface area contributed by atoms with Gasteiger partial charge in [0.15, 0.2) is 5.60 Å². The Balaban J connectivity index is 1.27. The summed E-state index contributed by atoms with van der Waals surface area (Å²) in [5.41, 5.74) is 10.5. The van der Waals surface area contributed by atoms with E-state index in [-0.39, 0.29) is 0 Å². The van der Waals surface area contributed by atoms with Crippen LogP contribution in [0.4, 0.5) is 5.69 Å². The molecule has 4 heteroatoms. The largest absolute Gasteiger partial charge is 0.497 e. The normalized spacial score (nSPS) is 18.2. The Morgan fingerprint density at radius 2 is 1.17 bits per heavy atom. The molecule has 2 aliphatic heterocycles. The number of benzene rings is 7. The van der Waals surface area contributed by atoms with Gasteiger partial charge in [0.05, 0.1) is 25.7 Å². The summed E-state index contributed by atoms with van der Waals surface area (Å²) in [6.45, 7) is 3.26. The quantitative estimate of drug-likeness (QED) is 0.174. The van der Waals surface area contributed by atoms with Gasteiger partial charge in [-0.1, -0.05) is 140 Å². The van der Waals surface area contributed by atoms with E-state index >= 15 is 0 Å². The molecule has 0 saturated carbocycles. The van der Waals surface area contributed by atoms with Gasteiger partial charge < -0.3 is 19.1 Å². The van der Waals surface area contributed by atoms with Gasteiger partial charge in [-0.3, -0.25) is 0 Å². The standard InChI is InChI=1S/C49H39NO3/c1-51-39-26-22-35(23-27-39)48(34-20-24-38(25-21-34)50-30-32-52-33-31-50)29-28-43-46-45(40-16-8-9-17-41(40)47(43)53-48)42-18-10-11-19-44(42)49(46,36-12-4-2-5-13-36)37-14-6-3-7-15-37/h2-29H,30-33H2,1H3. The summed E-state index contributed by atoms with van der Waals surface area (Å²) in [4.78, 5) is 2.39. The number of anilines is 1. The molecule has 0 aromatic heterocycles. The summed E-state index contributed by atoms with van der Waals surface area (Å²) in [6, 6.07) is 57.0. The van der Waals surface area contributed by atoms with Crippen LogP contribution < -0.4 is 14.4 Å². The lowest BCUT2D eigenvalue weighted by Crippen LogP contribution is -2.37. The van der Waals surface area contributed by atoms with Gasteiger partial charge in [-0.2, -0.15) is 0 Å². The van der Waals surface area contributed by atoms with Crippen LogP contribution in [0.3, 0.4) is 0 Å². The van der Waals surface area contributed by atoms with Crippen LogP contribution in [0.1, 0.15) is 38.9 Å². The van der Waals surface area contributed by atoms with E-state index < -0.39 is 11.0 Å². The first-order valence-electron chi connectivity index (χ1n) is 18.5. The Morgan fingerprint density at radius 1 is 0.585 bits per heavy atom. The van der Waals surface area contributed by atoms with Crippen LogP contribution in [0.25, 0.3) is 28.0 Å². The molecular weight excluding hydrogens is 651 g/mol. The molecule has 1 atom stereocenters. The van der Waals surface area contributed by atoms with Crippen LogP contribution in [0, 0.1) is 0 Å². The zero-order chi connectivity index (χ0) is 35.4. The fourth-order valence-corrected chi connectivity index (χ4v) is 9.12. The second-order valence-electron chi connectivity index (χ2n) is 14.1.